The molecule has 0 aliphatic heterocycles. The van der Waals surface area contributed by atoms with E-state index < -0.39 is 0 Å². The van der Waals surface area contributed by atoms with Gasteiger partial charge in [0, 0.05) is 22.7 Å². The Hall–Kier alpha value is -2.45. The van der Waals surface area contributed by atoms with Gasteiger partial charge in [0.05, 0.1) is 5.25 Å². The molecule has 140 valence electrons. The molecule has 1 N–H and O–H groups in total. The number of benzene rings is 1. The molecule has 1 atom stereocenters. The molecule has 1 unspecified atom stereocenters. The summed E-state index contributed by atoms with van der Waals surface area (Å²) in [6.07, 6.45) is 2.60. The van der Waals surface area contributed by atoms with Gasteiger partial charge >= 0.3 is 0 Å². The summed E-state index contributed by atoms with van der Waals surface area (Å²) < 4.78 is 1.96. The molecule has 27 heavy (non-hydrogen) atoms. The van der Waals surface area contributed by atoms with Crippen LogP contribution in [0.3, 0.4) is 0 Å². The van der Waals surface area contributed by atoms with Crippen LogP contribution in [0.2, 0.25) is 0 Å². The highest BCUT2D eigenvalue weighted by molar-refractivity contribution is 8.00. The number of ketones is 1. The van der Waals surface area contributed by atoms with Crippen LogP contribution in [0.4, 0.5) is 5.69 Å². The molecule has 8 heteroatoms. The quantitative estimate of drug-likeness (QED) is 0.458. The molecule has 2 aromatic heterocycles. The van der Waals surface area contributed by atoms with E-state index in [2.05, 4.69) is 27.0 Å². The van der Waals surface area contributed by atoms with Crippen LogP contribution in [0.15, 0.2) is 53.3 Å². The van der Waals surface area contributed by atoms with Crippen LogP contribution >= 0.6 is 23.1 Å². The van der Waals surface area contributed by atoms with E-state index in [4.69, 9.17) is 0 Å². The van der Waals surface area contributed by atoms with Gasteiger partial charge in [-0.1, -0.05) is 30.0 Å². The van der Waals surface area contributed by atoms with Gasteiger partial charge in [-0.3, -0.25) is 9.59 Å². The Morgan fingerprint density at radius 1 is 1.30 bits per heavy atom. The highest BCUT2D eigenvalue weighted by Gasteiger charge is 2.18. The first-order valence-electron chi connectivity index (χ1n) is 8.51. The van der Waals surface area contributed by atoms with Gasteiger partial charge in [0.15, 0.2) is 10.9 Å². The molecule has 0 radical (unpaired) electrons. The van der Waals surface area contributed by atoms with E-state index in [-0.39, 0.29) is 16.9 Å². The van der Waals surface area contributed by atoms with Gasteiger partial charge in [-0.15, -0.1) is 21.5 Å². The number of nitrogens with zero attached hydrogens (tertiary/aromatic N) is 3. The van der Waals surface area contributed by atoms with Gasteiger partial charge in [0.1, 0.15) is 6.33 Å². The van der Waals surface area contributed by atoms with Crippen molar-refractivity contribution in [2.24, 2.45) is 0 Å². The second kappa shape index (κ2) is 8.96. The summed E-state index contributed by atoms with van der Waals surface area (Å²) in [6, 6.07) is 11.1. The molecule has 0 bridgehead atoms. The minimum atomic E-state index is -0.351. The zero-order chi connectivity index (χ0) is 19.2. The molecule has 0 aliphatic carbocycles. The molecule has 0 saturated heterocycles. The third-order valence-corrected chi connectivity index (χ3v) is 5.98. The van der Waals surface area contributed by atoms with E-state index in [1.807, 2.05) is 17.6 Å². The molecular weight excluding hydrogens is 380 g/mol. The van der Waals surface area contributed by atoms with Crippen molar-refractivity contribution in [1.29, 1.82) is 0 Å². The van der Waals surface area contributed by atoms with Crippen LogP contribution in [-0.2, 0) is 17.8 Å². The fourth-order valence-corrected chi connectivity index (χ4v) is 3.99. The summed E-state index contributed by atoms with van der Waals surface area (Å²) in [6.45, 7) is 4.10. The molecule has 0 saturated carbocycles. The van der Waals surface area contributed by atoms with E-state index in [1.165, 1.54) is 23.6 Å². The number of nitrogens with one attached hydrogen (secondary N) is 1. The number of thioether (sulfide) groups is 1. The average Bonchev–Trinajstić information content (AvgIpc) is 3.31. The number of carbonyl (C=O) groups excluding carboxylic acids is 2. The minimum absolute atomic E-state index is 0.0348. The van der Waals surface area contributed by atoms with Crippen molar-refractivity contribution in [1.82, 2.24) is 14.8 Å². The second-order valence-electron chi connectivity index (χ2n) is 6.02. The predicted octanol–water partition coefficient (Wildman–Crippen LogP) is 3.90. The van der Waals surface area contributed by atoms with Crippen molar-refractivity contribution in [3.05, 3.63) is 58.5 Å². The first kappa shape index (κ1) is 19.3. The Balaban J connectivity index is 1.59. The molecule has 3 rings (SSSR count). The number of anilines is 1. The average molecular weight is 401 g/mol. The van der Waals surface area contributed by atoms with Crippen LogP contribution in [0.25, 0.3) is 0 Å². The van der Waals surface area contributed by atoms with Gasteiger partial charge < -0.3 is 9.88 Å². The number of aryl methyl sites for hydroxylation is 2. The number of aromatic nitrogens is 3. The zero-order valence-corrected chi connectivity index (χ0v) is 16.7. The SMILES string of the molecule is CC(=O)c1cccc(NC(=O)C(C)Sc2nncn2CCc2cccs2)c1. The summed E-state index contributed by atoms with van der Waals surface area (Å²) >= 11 is 3.09. The summed E-state index contributed by atoms with van der Waals surface area (Å²) in [7, 11) is 0. The van der Waals surface area contributed by atoms with Crippen molar-refractivity contribution in [2.45, 2.75) is 37.2 Å². The van der Waals surface area contributed by atoms with E-state index in [1.54, 1.807) is 41.9 Å². The molecule has 3 aromatic rings. The van der Waals surface area contributed by atoms with Crippen LogP contribution in [0, 0.1) is 0 Å². The lowest BCUT2D eigenvalue weighted by Crippen LogP contribution is -2.23. The molecule has 2 heterocycles. The van der Waals surface area contributed by atoms with Crippen molar-refractivity contribution in [3.63, 3.8) is 0 Å². The van der Waals surface area contributed by atoms with Crippen LogP contribution in [0.5, 0.6) is 0 Å². The first-order valence-corrected chi connectivity index (χ1v) is 10.3. The number of rotatable bonds is 8. The fourth-order valence-electron chi connectivity index (χ4n) is 2.45. The van der Waals surface area contributed by atoms with Crippen molar-refractivity contribution < 1.29 is 9.59 Å². The second-order valence-corrected chi connectivity index (χ2v) is 8.36. The van der Waals surface area contributed by atoms with Crippen molar-refractivity contribution in [3.8, 4) is 0 Å². The van der Waals surface area contributed by atoms with E-state index in [9.17, 15) is 9.59 Å². The molecule has 0 spiro atoms. The summed E-state index contributed by atoms with van der Waals surface area (Å²) in [4.78, 5) is 25.3. The van der Waals surface area contributed by atoms with Gasteiger partial charge in [0.25, 0.3) is 0 Å². The highest BCUT2D eigenvalue weighted by atomic mass is 32.2. The molecule has 0 fully saturated rings. The number of hydrogen-bond acceptors (Lipinski definition) is 6. The summed E-state index contributed by atoms with van der Waals surface area (Å²) in [5, 5.41) is 13.4. The Bertz CT molecular complexity index is 921. The topological polar surface area (TPSA) is 76.9 Å². The Labute approximate surface area is 166 Å². The van der Waals surface area contributed by atoms with Gasteiger partial charge in [-0.2, -0.15) is 0 Å². The maximum atomic E-state index is 12.5. The normalized spacial score (nSPS) is 11.9. The minimum Gasteiger partial charge on any atom is -0.325 e. The third-order valence-electron chi connectivity index (χ3n) is 3.95. The van der Waals surface area contributed by atoms with Crippen molar-refractivity contribution in [2.75, 3.05) is 5.32 Å². The zero-order valence-electron chi connectivity index (χ0n) is 15.1. The molecular formula is C19H20N4O2S2. The first-order chi connectivity index (χ1) is 13.0. The number of thiophene rings is 1. The van der Waals surface area contributed by atoms with Crippen LogP contribution in [0.1, 0.15) is 29.1 Å². The number of Topliss-reactive ketones (excluding diaryl/α,β-unsaturated/α-hetero) is 1. The summed E-state index contributed by atoms with van der Waals surface area (Å²) in [5.74, 6) is -0.180. The molecule has 0 aliphatic rings. The Morgan fingerprint density at radius 2 is 2.15 bits per heavy atom. The highest BCUT2D eigenvalue weighted by Crippen LogP contribution is 2.23. The predicted molar refractivity (Wildman–Crippen MR) is 108 cm³/mol. The van der Waals surface area contributed by atoms with Crippen LogP contribution < -0.4 is 5.32 Å². The third kappa shape index (κ3) is 5.27. The van der Waals surface area contributed by atoms with E-state index >= 15 is 0 Å². The standard InChI is InChI=1S/C19H20N4O2S2/c1-13(24)15-5-3-6-16(11-15)21-18(25)14(2)27-19-22-20-12-23(19)9-8-17-7-4-10-26-17/h3-7,10-12,14H,8-9H2,1-2H3,(H,21,25). The largest absolute Gasteiger partial charge is 0.325 e. The van der Waals surface area contributed by atoms with Crippen LogP contribution in [-0.4, -0.2) is 31.7 Å². The van der Waals surface area contributed by atoms with E-state index in [0.29, 0.717) is 16.4 Å². The Morgan fingerprint density at radius 3 is 2.89 bits per heavy atom. The van der Waals surface area contributed by atoms with Gasteiger partial charge in [0.2, 0.25) is 5.91 Å². The van der Waals surface area contributed by atoms with Gasteiger partial charge in [-0.05, 0) is 43.8 Å². The van der Waals surface area contributed by atoms with E-state index in [0.717, 1.165) is 13.0 Å². The molecule has 1 aromatic carbocycles. The fraction of sp³-hybridized carbons (Fsp3) is 0.263. The maximum Gasteiger partial charge on any atom is 0.237 e. The van der Waals surface area contributed by atoms with Crippen molar-refractivity contribution >= 4 is 40.5 Å². The lowest BCUT2D eigenvalue weighted by atomic mass is 10.1. The Kier molecular flexibility index (Phi) is 6.41. The van der Waals surface area contributed by atoms with Gasteiger partial charge in [-0.25, -0.2) is 0 Å². The number of carbonyl (C=O) groups is 2. The number of hydrogen-bond donors (Lipinski definition) is 1. The number of amides is 1. The smallest absolute Gasteiger partial charge is 0.237 e. The molecule has 1 amide bonds. The summed E-state index contributed by atoms with van der Waals surface area (Å²) in [5.41, 5.74) is 1.18. The lowest BCUT2D eigenvalue weighted by Gasteiger charge is -2.12. The maximum absolute atomic E-state index is 12.5. The lowest BCUT2D eigenvalue weighted by molar-refractivity contribution is -0.115. The molecule has 6 nitrogen and oxygen atoms in total. The monoisotopic (exact) mass is 400 g/mol.